The minimum absolute atomic E-state index is 0.220. The summed E-state index contributed by atoms with van der Waals surface area (Å²) in [6.07, 6.45) is 4.68. The summed E-state index contributed by atoms with van der Waals surface area (Å²) in [7, 11) is 0. The fourth-order valence-corrected chi connectivity index (χ4v) is 3.63. The number of hydrogen-bond donors (Lipinski definition) is 1. The van der Waals surface area contributed by atoms with Gasteiger partial charge in [0.15, 0.2) is 0 Å². The van der Waals surface area contributed by atoms with Crippen LogP contribution in [0.1, 0.15) is 76.0 Å². The van der Waals surface area contributed by atoms with Gasteiger partial charge in [0.25, 0.3) is 0 Å². The number of nitrogens with zero attached hydrogens (tertiary/aromatic N) is 1. The first kappa shape index (κ1) is 13.7. The summed E-state index contributed by atoms with van der Waals surface area (Å²) >= 11 is 0. The van der Waals surface area contributed by atoms with E-state index in [1.807, 2.05) is 0 Å². The van der Waals surface area contributed by atoms with Crippen molar-refractivity contribution >= 4 is 0 Å². The van der Waals surface area contributed by atoms with Crippen LogP contribution in [0.15, 0.2) is 6.07 Å². The summed E-state index contributed by atoms with van der Waals surface area (Å²) in [6, 6.07) is 3.18. The molecule has 0 spiro atoms. The van der Waals surface area contributed by atoms with E-state index in [4.69, 9.17) is 5.73 Å². The summed E-state index contributed by atoms with van der Waals surface area (Å²) < 4.78 is 2.57. The van der Waals surface area contributed by atoms with E-state index >= 15 is 0 Å². The van der Waals surface area contributed by atoms with Crippen molar-refractivity contribution in [3.63, 3.8) is 0 Å². The van der Waals surface area contributed by atoms with E-state index in [9.17, 15) is 0 Å². The topological polar surface area (TPSA) is 30.9 Å². The van der Waals surface area contributed by atoms with Crippen molar-refractivity contribution in [1.29, 1.82) is 0 Å². The number of fused-ring (bicyclic) bond motifs is 1. The summed E-state index contributed by atoms with van der Waals surface area (Å²) in [5.74, 6) is 0. The summed E-state index contributed by atoms with van der Waals surface area (Å²) in [6.45, 7) is 11.5. The van der Waals surface area contributed by atoms with Crippen molar-refractivity contribution in [3.8, 4) is 0 Å². The van der Waals surface area contributed by atoms with Gasteiger partial charge in [-0.1, -0.05) is 27.7 Å². The van der Waals surface area contributed by atoms with Crippen molar-refractivity contribution < 1.29 is 0 Å². The lowest BCUT2D eigenvalue weighted by Crippen LogP contribution is -2.31. The van der Waals surface area contributed by atoms with Gasteiger partial charge in [-0.15, -0.1) is 0 Å². The average Bonchev–Trinajstić information content (AvgIpc) is 2.58. The maximum absolute atomic E-state index is 6.37. The van der Waals surface area contributed by atoms with Gasteiger partial charge in [-0.05, 0) is 49.7 Å². The van der Waals surface area contributed by atoms with Crippen LogP contribution >= 0.6 is 0 Å². The Labute approximate surface area is 112 Å². The number of nitrogens with two attached hydrogens (primary N) is 1. The molecule has 1 atom stereocenters. The van der Waals surface area contributed by atoms with E-state index < -0.39 is 0 Å². The van der Waals surface area contributed by atoms with Crippen molar-refractivity contribution in [3.05, 3.63) is 23.0 Å². The Morgan fingerprint density at radius 1 is 1.39 bits per heavy atom. The third-order valence-corrected chi connectivity index (χ3v) is 4.49. The molecule has 2 N–H and O–H groups in total. The van der Waals surface area contributed by atoms with Gasteiger partial charge in [-0.25, -0.2) is 0 Å². The molecule has 1 heterocycles. The smallest absolute Gasteiger partial charge is 0.0330 e. The molecule has 1 aliphatic carbocycles. The fraction of sp³-hybridized carbons (Fsp3) is 0.750. The summed E-state index contributed by atoms with van der Waals surface area (Å²) in [4.78, 5) is 0. The van der Waals surface area contributed by atoms with Crippen molar-refractivity contribution in [2.75, 3.05) is 0 Å². The highest BCUT2D eigenvalue weighted by atomic mass is 15.0. The molecule has 0 fully saturated rings. The Kier molecular flexibility index (Phi) is 3.59. The zero-order chi connectivity index (χ0) is 13.5. The quantitative estimate of drug-likeness (QED) is 0.856. The van der Waals surface area contributed by atoms with Crippen LogP contribution in [0, 0.1) is 12.3 Å². The lowest BCUT2D eigenvalue weighted by Gasteiger charge is -2.35. The van der Waals surface area contributed by atoms with Gasteiger partial charge in [0, 0.05) is 23.5 Å². The highest BCUT2D eigenvalue weighted by Gasteiger charge is 2.34. The number of hydrogen-bond acceptors (Lipinski definition) is 1. The maximum atomic E-state index is 6.37. The largest absolute Gasteiger partial charge is 0.346 e. The SMILES string of the molecule is CCC(CC)n1c(C)cc2c1CC(C)(C)CC2N. The van der Waals surface area contributed by atoms with Gasteiger partial charge in [0.1, 0.15) is 0 Å². The van der Waals surface area contributed by atoms with Crippen LogP contribution in [0.25, 0.3) is 0 Å². The molecule has 0 amide bonds. The Balaban J connectivity index is 2.50. The summed E-state index contributed by atoms with van der Waals surface area (Å²) in [5.41, 5.74) is 11.0. The lowest BCUT2D eigenvalue weighted by molar-refractivity contribution is 0.269. The van der Waals surface area contributed by atoms with E-state index in [1.165, 1.54) is 36.2 Å². The molecule has 1 unspecified atom stereocenters. The molecular weight excluding hydrogens is 220 g/mol. The van der Waals surface area contributed by atoms with Crippen molar-refractivity contribution in [1.82, 2.24) is 4.57 Å². The first-order valence-corrected chi connectivity index (χ1v) is 7.35. The Hall–Kier alpha value is -0.760. The molecule has 2 nitrogen and oxygen atoms in total. The third-order valence-electron chi connectivity index (χ3n) is 4.49. The van der Waals surface area contributed by atoms with E-state index in [0.717, 1.165) is 6.42 Å². The standard InChI is InChI=1S/C16H28N2/c1-6-12(7-2)18-11(3)8-13-14(17)9-16(4,5)10-15(13)18/h8,12,14H,6-7,9-10,17H2,1-5H3. The van der Waals surface area contributed by atoms with Crippen LogP contribution in [0.2, 0.25) is 0 Å². The third kappa shape index (κ3) is 2.23. The van der Waals surface area contributed by atoms with Crippen LogP contribution in [-0.4, -0.2) is 4.57 Å². The Bertz CT molecular complexity index is 425. The van der Waals surface area contributed by atoms with Gasteiger partial charge < -0.3 is 10.3 Å². The second-order valence-electron chi connectivity index (χ2n) is 6.68. The van der Waals surface area contributed by atoms with Crippen LogP contribution in [0.5, 0.6) is 0 Å². The lowest BCUT2D eigenvalue weighted by atomic mass is 9.74. The molecular formula is C16H28N2. The number of aryl methyl sites for hydroxylation is 1. The van der Waals surface area contributed by atoms with Crippen molar-refractivity contribution in [2.24, 2.45) is 11.1 Å². The van der Waals surface area contributed by atoms with Gasteiger partial charge in [-0.3, -0.25) is 0 Å². The minimum Gasteiger partial charge on any atom is -0.346 e. The Morgan fingerprint density at radius 3 is 2.56 bits per heavy atom. The molecule has 0 aliphatic heterocycles. The number of rotatable bonds is 3. The highest BCUT2D eigenvalue weighted by molar-refractivity contribution is 5.34. The van der Waals surface area contributed by atoms with Crippen LogP contribution < -0.4 is 5.73 Å². The number of aromatic nitrogens is 1. The second-order valence-corrected chi connectivity index (χ2v) is 6.68. The first-order chi connectivity index (χ1) is 8.39. The second kappa shape index (κ2) is 4.73. The Morgan fingerprint density at radius 2 is 2.00 bits per heavy atom. The molecule has 0 saturated carbocycles. The molecule has 0 aromatic carbocycles. The first-order valence-electron chi connectivity index (χ1n) is 7.35. The van der Waals surface area contributed by atoms with Gasteiger partial charge in [0.05, 0.1) is 0 Å². The molecule has 0 bridgehead atoms. The fourth-order valence-electron chi connectivity index (χ4n) is 3.63. The normalized spacial score (nSPS) is 22.3. The zero-order valence-corrected chi connectivity index (χ0v) is 12.6. The predicted octanol–water partition coefficient (Wildman–Crippen LogP) is 4.13. The van der Waals surface area contributed by atoms with E-state index in [2.05, 4.69) is 45.3 Å². The molecule has 0 saturated heterocycles. The molecule has 1 aliphatic rings. The maximum Gasteiger partial charge on any atom is 0.0330 e. The van der Waals surface area contributed by atoms with Gasteiger partial charge in [-0.2, -0.15) is 0 Å². The highest BCUT2D eigenvalue weighted by Crippen LogP contribution is 2.42. The van der Waals surface area contributed by atoms with Crippen LogP contribution in [0.4, 0.5) is 0 Å². The zero-order valence-electron chi connectivity index (χ0n) is 12.6. The van der Waals surface area contributed by atoms with Gasteiger partial charge in [0.2, 0.25) is 0 Å². The molecule has 2 rings (SSSR count). The van der Waals surface area contributed by atoms with E-state index in [1.54, 1.807) is 0 Å². The van der Waals surface area contributed by atoms with Crippen molar-refractivity contribution in [2.45, 2.75) is 72.4 Å². The van der Waals surface area contributed by atoms with E-state index in [0.29, 0.717) is 11.5 Å². The minimum atomic E-state index is 0.220. The molecule has 18 heavy (non-hydrogen) atoms. The molecule has 102 valence electrons. The molecule has 1 aromatic rings. The molecule has 0 radical (unpaired) electrons. The van der Waals surface area contributed by atoms with Crippen LogP contribution in [0.3, 0.4) is 0 Å². The predicted molar refractivity (Wildman–Crippen MR) is 77.8 cm³/mol. The van der Waals surface area contributed by atoms with Crippen LogP contribution in [-0.2, 0) is 6.42 Å². The van der Waals surface area contributed by atoms with Gasteiger partial charge >= 0.3 is 0 Å². The van der Waals surface area contributed by atoms with E-state index in [-0.39, 0.29) is 6.04 Å². The average molecular weight is 248 g/mol. The summed E-state index contributed by atoms with van der Waals surface area (Å²) in [5, 5.41) is 0. The molecule has 2 heteroatoms. The molecule has 1 aromatic heterocycles. The monoisotopic (exact) mass is 248 g/mol.